The molecule has 16 heavy (non-hydrogen) atoms. The molecule has 0 aliphatic heterocycles. The maximum atomic E-state index is 5.58. The molecule has 0 fully saturated rings. The van der Waals surface area contributed by atoms with E-state index in [0.717, 1.165) is 28.9 Å². The van der Waals surface area contributed by atoms with Crippen LogP contribution in [-0.4, -0.2) is 9.36 Å². The van der Waals surface area contributed by atoms with Gasteiger partial charge in [-0.15, -0.1) is 0 Å². The van der Waals surface area contributed by atoms with E-state index in [1.165, 1.54) is 11.5 Å². The normalized spacial score (nSPS) is 10.4. The lowest BCUT2D eigenvalue weighted by Gasteiger charge is -1.99. The van der Waals surface area contributed by atoms with Gasteiger partial charge in [0.1, 0.15) is 11.6 Å². The van der Waals surface area contributed by atoms with Crippen molar-refractivity contribution in [3.05, 3.63) is 34.6 Å². The maximum absolute atomic E-state index is 5.58. The smallest absolute Gasteiger partial charge is 0.298 e. The van der Waals surface area contributed by atoms with Crippen LogP contribution in [0, 0.1) is 0 Å². The Balaban J connectivity index is 2.05. The molecule has 1 heterocycles. The Hall–Kier alpha value is -0.940. The molecule has 2 aromatic rings. The van der Waals surface area contributed by atoms with E-state index < -0.39 is 0 Å². The second kappa shape index (κ2) is 5.41. The second-order valence-corrected chi connectivity index (χ2v) is 4.91. The van der Waals surface area contributed by atoms with Crippen molar-refractivity contribution in [2.45, 2.75) is 19.8 Å². The Bertz CT molecular complexity index is 455. The molecule has 1 aromatic heterocycles. The standard InChI is InChI=1S/C11H11BrN2OS/c1-2-3-10-13-11(16-14-10)15-9-6-4-8(12)5-7-9/h4-7H,2-3H2,1H3. The Labute approximate surface area is 107 Å². The van der Waals surface area contributed by atoms with Crippen molar-refractivity contribution < 1.29 is 4.74 Å². The molecule has 84 valence electrons. The molecular formula is C11H11BrN2OS. The van der Waals surface area contributed by atoms with E-state index in [2.05, 4.69) is 32.2 Å². The molecule has 0 unspecified atom stereocenters. The number of aryl methyl sites for hydroxylation is 1. The minimum atomic E-state index is 0.603. The first kappa shape index (κ1) is 11.5. The molecule has 3 nitrogen and oxygen atoms in total. The van der Waals surface area contributed by atoms with Gasteiger partial charge in [0.05, 0.1) is 0 Å². The highest BCUT2D eigenvalue weighted by molar-refractivity contribution is 9.10. The average molecular weight is 299 g/mol. The lowest BCUT2D eigenvalue weighted by Crippen LogP contribution is -1.86. The molecule has 0 atom stereocenters. The van der Waals surface area contributed by atoms with Crippen molar-refractivity contribution in [3.63, 3.8) is 0 Å². The number of nitrogens with zero attached hydrogens (tertiary/aromatic N) is 2. The predicted molar refractivity (Wildman–Crippen MR) is 68.1 cm³/mol. The number of hydrogen-bond acceptors (Lipinski definition) is 4. The van der Waals surface area contributed by atoms with Crippen LogP contribution < -0.4 is 4.74 Å². The number of ether oxygens (including phenoxy) is 1. The summed E-state index contributed by atoms with van der Waals surface area (Å²) >= 11 is 4.67. The molecule has 0 saturated carbocycles. The highest BCUT2D eigenvalue weighted by Gasteiger charge is 2.05. The topological polar surface area (TPSA) is 35.0 Å². The van der Waals surface area contributed by atoms with E-state index >= 15 is 0 Å². The molecule has 0 bridgehead atoms. The summed E-state index contributed by atoms with van der Waals surface area (Å²) in [4.78, 5) is 4.29. The summed E-state index contributed by atoms with van der Waals surface area (Å²) in [6.07, 6.45) is 1.95. The van der Waals surface area contributed by atoms with Crippen molar-refractivity contribution >= 4 is 27.5 Å². The van der Waals surface area contributed by atoms with Gasteiger partial charge >= 0.3 is 0 Å². The number of hydrogen-bond donors (Lipinski definition) is 0. The number of rotatable bonds is 4. The van der Waals surface area contributed by atoms with Crippen LogP contribution in [0.5, 0.6) is 10.9 Å². The Kier molecular flexibility index (Phi) is 3.90. The Morgan fingerprint density at radius 1 is 1.31 bits per heavy atom. The molecule has 5 heteroatoms. The van der Waals surface area contributed by atoms with Gasteiger partial charge in [-0.2, -0.15) is 9.36 Å². The first-order chi connectivity index (χ1) is 7.78. The van der Waals surface area contributed by atoms with Crippen LogP contribution in [-0.2, 0) is 6.42 Å². The highest BCUT2D eigenvalue weighted by atomic mass is 79.9. The summed E-state index contributed by atoms with van der Waals surface area (Å²) in [7, 11) is 0. The van der Waals surface area contributed by atoms with Gasteiger partial charge in [-0.25, -0.2) is 0 Å². The third-order valence-electron chi connectivity index (χ3n) is 1.94. The summed E-state index contributed by atoms with van der Waals surface area (Å²) in [5.74, 6) is 1.64. The van der Waals surface area contributed by atoms with Crippen LogP contribution in [0.25, 0.3) is 0 Å². The minimum absolute atomic E-state index is 0.603. The van der Waals surface area contributed by atoms with Gasteiger partial charge in [0, 0.05) is 22.4 Å². The first-order valence-corrected chi connectivity index (χ1v) is 6.60. The van der Waals surface area contributed by atoms with Gasteiger partial charge in [-0.3, -0.25) is 0 Å². The van der Waals surface area contributed by atoms with Crippen molar-refractivity contribution in [2.75, 3.05) is 0 Å². The van der Waals surface area contributed by atoms with Crippen LogP contribution in [0.4, 0.5) is 0 Å². The molecule has 0 aliphatic carbocycles. The van der Waals surface area contributed by atoms with E-state index in [1.54, 1.807) is 0 Å². The largest absolute Gasteiger partial charge is 0.430 e. The molecule has 0 aliphatic rings. The molecule has 2 rings (SSSR count). The third kappa shape index (κ3) is 3.02. The summed E-state index contributed by atoms with van der Waals surface area (Å²) in [6, 6.07) is 7.66. The van der Waals surface area contributed by atoms with Gasteiger partial charge in [0.15, 0.2) is 0 Å². The van der Waals surface area contributed by atoms with Crippen LogP contribution in [0.3, 0.4) is 0 Å². The SMILES string of the molecule is CCCc1nsc(Oc2ccc(Br)cc2)n1. The maximum Gasteiger partial charge on any atom is 0.298 e. The first-order valence-electron chi connectivity index (χ1n) is 5.04. The lowest BCUT2D eigenvalue weighted by atomic mass is 10.3. The quantitative estimate of drug-likeness (QED) is 0.854. The van der Waals surface area contributed by atoms with Crippen LogP contribution in [0.1, 0.15) is 19.2 Å². The minimum Gasteiger partial charge on any atom is -0.430 e. The van der Waals surface area contributed by atoms with Crippen molar-refractivity contribution in [3.8, 4) is 10.9 Å². The van der Waals surface area contributed by atoms with E-state index in [1.807, 2.05) is 24.3 Å². The molecule has 0 saturated heterocycles. The monoisotopic (exact) mass is 298 g/mol. The zero-order valence-corrected chi connectivity index (χ0v) is 11.2. The molecular weight excluding hydrogens is 288 g/mol. The van der Waals surface area contributed by atoms with Crippen molar-refractivity contribution in [2.24, 2.45) is 0 Å². The van der Waals surface area contributed by atoms with E-state index in [0.29, 0.717) is 5.19 Å². The predicted octanol–water partition coefficient (Wildman–Crippen LogP) is 4.05. The highest BCUT2D eigenvalue weighted by Crippen LogP contribution is 2.24. The number of aromatic nitrogens is 2. The zero-order valence-electron chi connectivity index (χ0n) is 8.81. The molecule has 0 N–H and O–H groups in total. The van der Waals surface area contributed by atoms with Crippen LogP contribution in [0.15, 0.2) is 28.7 Å². The molecule has 0 amide bonds. The summed E-state index contributed by atoms with van der Waals surface area (Å²) < 4.78 is 10.8. The zero-order chi connectivity index (χ0) is 11.4. The van der Waals surface area contributed by atoms with Gasteiger partial charge in [-0.1, -0.05) is 22.9 Å². The summed E-state index contributed by atoms with van der Waals surface area (Å²) in [5.41, 5.74) is 0. The molecule has 0 radical (unpaired) electrons. The second-order valence-electron chi connectivity index (χ2n) is 3.28. The number of halogens is 1. The Morgan fingerprint density at radius 2 is 2.06 bits per heavy atom. The molecule has 1 aromatic carbocycles. The van der Waals surface area contributed by atoms with Crippen molar-refractivity contribution in [1.29, 1.82) is 0 Å². The average Bonchev–Trinajstić information content (AvgIpc) is 2.70. The van der Waals surface area contributed by atoms with Gasteiger partial charge < -0.3 is 4.74 Å². The van der Waals surface area contributed by atoms with Crippen LogP contribution >= 0.6 is 27.5 Å². The molecule has 0 spiro atoms. The summed E-state index contributed by atoms with van der Waals surface area (Å²) in [6.45, 7) is 2.11. The van der Waals surface area contributed by atoms with E-state index in [-0.39, 0.29) is 0 Å². The van der Waals surface area contributed by atoms with Gasteiger partial charge in [-0.05, 0) is 30.7 Å². The van der Waals surface area contributed by atoms with E-state index in [4.69, 9.17) is 4.74 Å². The van der Waals surface area contributed by atoms with Gasteiger partial charge in [0.2, 0.25) is 0 Å². The fraction of sp³-hybridized carbons (Fsp3) is 0.273. The van der Waals surface area contributed by atoms with E-state index in [9.17, 15) is 0 Å². The fourth-order valence-electron chi connectivity index (χ4n) is 1.21. The third-order valence-corrected chi connectivity index (χ3v) is 3.10. The van der Waals surface area contributed by atoms with Crippen LogP contribution in [0.2, 0.25) is 0 Å². The Morgan fingerprint density at radius 3 is 2.75 bits per heavy atom. The summed E-state index contributed by atoms with van der Waals surface area (Å²) in [5, 5.41) is 0.603. The van der Waals surface area contributed by atoms with Crippen molar-refractivity contribution in [1.82, 2.24) is 9.36 Å². The van der Waals surface area contributed by atoms with Gasteiger partial charge in [0.25, 0.3) is 5.19 Å². The lowest BCUT2D eigenvalue weighted by molar-refractivity contribution is 0.477. The fourth-order valence-corrected chi connectivity index (χ4v) is 2.07. The number of benzene rings is 1.